The van der Waals surface area contributed by atoms with E-state index >= 15 is 0 Å². The molecule has 36 heavy (non-hydrogen) atoms. The number of nitrogens with two attached hydrogens (primary N) is 1. The van der Waals surface area contributed by atoms with Crippen LogP contribution in [0.1, 0.15) is 67.4 Å². The largest absolute Gasteiger partial charge is 0.335 e. The van der Waals surface area contributed by atoms with E-state index in [-0.39, 0.29) is 17.3 Å². The standard InChI is InChI=1S/C29H36N5O2/c1-4-10-22-13-15-24(16-14-22)19-33(18-9-17-30)25(5-2)27-31-28-26(21(3)32-36-28)29(35)34(27)20-23-11-7-6-8-12-23/h6-8,11-16,19,25H,4-5,9-10,17-18,20,30H2,1-3H3/q+1. The van der Waals surface area contributed by atoms with Crippen molar-refractivity contribution in [3.63, 3.8) is 0 Å². The second-order valence-corrected chi connectivity index (χ2v) is 9.22. The molecule has 0 fully saturated rings. The van der Waals surface area contributed by atoms with Gasteiger partial charge in [0, 0.05) is 18.4 Å². The molecule has 4 aromatic rings. The van der Waals surface area contributed by atoms with E-state index in [2.05, 4.69) is 54.1 Å². The molecule has 0 aliphatic rings. The number of benzene rings is 2. The van der Waals surface area contributed by atoms with E-state index in [1.54, 1.807) is 11.5 Å². The average Bonchev–Trinajstić information content (AvgIpc) is 3.27. The lowest BCUT2D eigenvalue weighted by molar-refractivity contribution is -0.570. The van der Waals surface area contributed by atoms with Crippen LogP contribution in [0.2, 0.25) is 0 Å². The molecule has 2 N–H and O–H groups in total. The van der Waals surface area contributed by atoms with Gasteiger partial charge in [-0.2, -0.15) is 4.98 Å². The maximum Gasteiger partial charge on any atom is 0.267 e. The van der Waals surface area contributed by atoms with Crippen molar-refractivity contribution in [1.29, 1.82) is 0 Å². The number of rotatable bonds is 11. The van der Waals surface area contributed by atoms with Crippen molar-refractivity contribution in [3.05, 3.63) is 93.2 Å². The Balaban J connectivity index is 1.84. The van der Waals surface area contributed by atoms with Gasteiger partial charge in [-0.3, -0.25) is 9.36 Å². The van der Waals surface area contributed by atoms with Crippen LogP contribution in [0.5, 0.6) is 0 Å². The maximum absolute atomic E-state index is 13.7. The molecule has 0 aliphatic carbocycles. The Morgan fingerprint density at radius 3 is 2.50 bits per heavy atom. The molecular weight excluding hydrogens is 450 g/mol. The molecule has 0 amide bonds. The Hall–Kier alpha value is -3.58. The third-order valence-corrected chi connectivity index (χ3v) is 6.52. The van der Waals surface area contributed by atoms with E-state index in [1.807, 2.05) is 30.3 Å². The predicted octanol–water partition coefficient (Wildman–Crippen LogP) is 4.63. The molecule has 0 spiro atoms. The van der Waals surface area contributed by atoms with Crippen molar-refractivity contribution in [1.82, 2.24) is 14.7 Å². The summed E-state index contributed by atoms with van der Waals surface area (Å²) in [5.74, 6) is 0.672. The molecule has 0 saturated heterocycles. The molecule has 7 heteroatoms. The van der Waals surface area contributed by atoms with Gasteiger partial charge in [-0.15, -0.1) is 0 Å². The summed E-state index contributed by atoms with van der Waals surface area (Å²) in [7, 11) is 0. The number of hydrogen-bond acceptors (Lipinski definition) is 5. The summed E-state index contributed by atoms with van der Waals surface area (Å²) in [5, 5.41) is 4.47. The molecule has 0 saturated carbocycles. The summed E-state index contributed by atoms with van der Waals surface area (Å²) in [6, 6.07) is 18.5. The van der Waals surface area contributed by atoms with Crippen molar-refractivity contribution < 1.29 is 9.10 Å². The molecule has 188 valence electrons. The van der Waals surface area contributed by atoms with Crippen LogP contribution >= 0.6 is 0 Å². The van der Waals surface area contributed by atoms with Crippen LogP contribution in [0.3, 0.4) is 0 Å². The molecule has 7 nitrogen and oxygen atoms in total. The van der Waals surface area contributed by atoms with E-state index in [4.69, 9.17) is 15.2 Å². The minimum Gasteiger partial charge on any atom is -0.335 e. The first-order valence-corrected chi connectivity index (χ1v) is 12.9. The van der Waals surface area contributed by atoms with Gasteiger partial charge in [-0.1, -0.05) is 67.9 Å². The van der Waals surface area contributed by atoms with Crippen LogP contribution in [0.15, 0.2) is 63.9 Å². The Morgan fingerprint density at radius 2 is 1.83 bits per heavy atom. The van der Waals surface area contributed by atoms with Crippen molar-refractivity contribution in [3.8, 4) is 0 Å². The number of aromatic nitrogens is 3. The van der Waals surface area contributed by atoms with Crippen molar-refractivity contribution >= 4 is 17.3 Å². The van der Waals surface area contributed by atoms with Crippen molar-refractivity contribution in [2.24, 2.45) is 5.73 Å². The summed E-state index contributed by atoms with van der Waals surface area (Å²) >= 11 is 0. The van der Waals surface area contributed by atoms with Gasteiger partial charge in [0.15, 0.2) is 12.0 Å². The first kappa shape index (κ1) is 25.5. The Labute approximate surface area is 212 Å². The number of nitrogens with zero attached hydrogens (tertiary/aromatic N) is 4. The SMILES string of the molecule is CCCc1ccc(C=[N+](CCCN)C(CC)c2nc3onc(C)c3c(=O)n2Cc2ccccc2)cc1. The van der Waals surface area contributed by atoms with Crippen molar-refractivity contribution in [2.45, 2.75) is 59.0 Å². The molecule has 0 bridgehead atoms. The fourth-order valence-corrected chi connectivity index (χ4v) is 4.66. The summed E-state index contributed by atoms with van der Waals surface area (Å²) < 4.78 is 9.51. The van der Waals surface area contributed by atoms with Gasteiger partial charge in [0.1, 0.15) is 11.9 Å². The third-order valence-electron chi connectivity index (χ3n) is 6.52. The van der Waals surface area contributed by atoms with E-state index in [9.17, 15) is 4.79 Å². The maximum atomic E-state index is 13.7. The molecule has 1 atom stereocenters. The first-order valence-electron chi connectivity index (χ1n) is 12.9. The van der Waals surface area contributed by atoms with E-state index in [1.165, 1.54) is 5.56 Å². The Kier molecular flexibility index (Phi) is 8.44. The van der Waals surface area contributed by atoms with Gasteiger partial charge in [-0.05, 0) is 43.1 Å². The van der Waals surface area contributed by atoms with Crippen molar-refractivity contribution in [2.75, 3.05) is 13.1 Å². The Bertz CT molecular complexity index is 1370. The molecule has 2 aromatic heterocycles. The average molecular weight is 487 g/mol. The second-order valence-electron chi connectivity index (χ2n) is 9.22. The molecule has 2 aromatic carbocycles. The predicted molar refractivity (Wildman–Crippen MR) is 144 cm³/mol. The zero-order valence-electron chi connectivity index (χ0n) is 21.5. The van der Waals surface area contributed by atoms with Gasteiger partial charge in [0.2, 0.25) is 6.04 Å². The third kappa shape index (κ3) is 5.62. The zero-order valence-corrected chi connectivity index (χ0v) is 21.5. The quantitative estimate of drug-likeness (QED) is 0.247. The summed E-state index contributed by atoms with van der Waals surface area (Å²) in [6.07, 6.45) is 5.94. The lowest BCUT2D eigenvalue weighted by atomic mass is 10.1. The van der Waals surface area contributed by atoms with Gasteiger partial charge in [0.05, 0.1) is 12.2 Å². The monoisotopic (exact) mass is 486 g/mol. The van der Waals surface area contributed by atoms with Crippen LogP contribution in [-0.2, 0) is 13.0 Å². The van der Waals surface area contributed by atoms with E-state index < -0.39 is 0 Å². The van der Waals surface area contributed by atoms with Crippen LogP contribution in [0, 0.1) is 6.92 Å². The Morgan fingerprint density at radius 1 is 1.08 bits per heavy atom. The highest BCUT2D eigenvalue weighted by Crippen LogP contribution is 2.23. The van der Waals surface area contributed by atoms with Crippen LogP contribution in [0.4, 0.5) is 0 Å². The van der Waals surface area contributed by atoms with Crippen LogP contribution in [-0.4, -0.2) is 38.6 Å². The summed E-state index contributed by atoms with van der Waals surface area (Å²) in [4.78, 5) is 18.6. The van der Waals surface area contributed by atoms with Gasteiger partial charge >= 0.3 is 0 Å². The van der Waals surface area contributed by atoms with E-state index in [0.29, 0.717) is 30.0 Å². The van der Waals surface area contributed by atoms with Crippen LogP contribution < -0.4 is 11.3 Å². The fourth-order valence-electron chi connectivity index (χ4n) is 4.66. The molecule has 4 rings (SSSR count). The van der Waals surface area contributed by atoms with E-state index in [0.717, 1.165) is 43.4 Å². The zero-order chi connectivity index (χ0) is 25.5. The lowest BCUT2D eigenvalue weighted by Crippen LogP contribution is -2.32. The summed E-state index contributed by atoms with van der Waals surface area (Å²) in [5.41, 5.74) is 10.1. The highest BCUT2D eigenvalue weighted by Gasteiger charge is 2.29. The topological polar surface area (TPSA) is 90.0 Å². The highest BCUT2D eigenvalue weighted by atomic mass is 16.5. The molecule has 2 heterocycles. The smallest absolute Gasteiger partial charge is 0.267 e. The molecular formula is C29H36N5O2+. The highest BCUT2D eigenvalue weighted by molar-refractivity contribution is 5.76. The normalized spacial score (nSPS) is 12.8. The lowest BCUT2D eigenvalue weighted by Gasteiger charge is -2.19. The van der Waals surface area contributed by atoms with Gasteiger partial charge in [-0.25, -0.2) is 4.58 Å². The fraction of sp³-hybridized carbons (Fsp3) is 0.379. The molecule has 0 radical (unpaired) electrons. The minimum atomic E-state index is -0.141. The molecule has 0 aliphatic heterocycles. The van der Waals surface area contributed by atoms with Crippen LogP contribution in [0.25, 0.3) is 11.1 Å². The van der Waals surface area contributed by atoms with Gasteiger partial charge in [0.25, 0.3) is 11.3 Å². The first-order chi connectivity index (χ1) is 17.5. The number of aryl methyl sites for hydroxylation is 2. The van der Waals surface area contributed by atoms with Gasteiger partial charge < -0.3 is 10.3 Å². The number of fused-ring (bicyclic) bond motifs is 1. The second kappa shape index (κ2) is 11.9. The number of hydrogen-bond donors (Lipinski definition) is 1. The summed E-state index contributed by atoms with van der Waals surface area (Å²) in [6.45, 7) is 7.85. The minimum absolute atomic E-state index is 0.126. The molecule has 1 unspecified atom stereocenters.